The average Bonchev–Trinajstić information content (AvgIpc) is 2.87. The first kappa shape index (κ1) is 21.7. The third-order valence-electron chi connectivity index (χ3n) is 3.69. The van der Waals surface area contributed by atoms with Gasteiger partial charge in [0.05, 0.1) is 24.4 Å². The monoisotopic (exact) mass is 431 g/mol. The van der Waals surface area contributed by atoms with Crippen molar-refractivity contribution in [2.24, 2.45) is 0 Å². The zero-order chi connectivity index (χ0) is 20.0. The first-order valence-electron chi connectivity index (χ1n) is 8.26. The Morgan fingerprint density at radius 3 is 2.70 bits per heavy atom. The molecule has 7 nitrogen and oxygen atoms in total. The Labute approximate surface area is 168 Å². The van der Waals surface area contributed by atoms with Gasteiger partial charge in [0.1, 0.15) is 4.32 Å². The van der Waals surface area contributed by atoms with Crippen LogP contribution in [0, 0.1) is 0 Å². The molecule has 0 bridgehead atoms. The van der Waals surface area contributed by atoms with E-state index in [9.17, 15) is 13.2 Å². The second-order valence-electron chi connectivity index (χ2n) is 5.73. The van der Waals surface area contributed by atoms with Crippen LogP contribution in [0.25, 0.3) is 6.08 Å². The maximum absolute atomic E-state index is 12.4. The fourth-order valence-electron chi connectivity index (χ4n) is 2.27. The average molecular weight is 432 g/mol. The van der Waals surface area contributed by atoms with Gasteiger partial charge in [-0.2, -0.15) is 8.42 Å². The summed E-state index contributed by atoms with van der Waals surface area (Å²) in [6, 6.07) is 5.33. The van der Waals surface area contributed by atoms with Crippen molar-refractivity contribution >= 4 is 50.4 Å². The first-order valence-corrected chi connectivity index (χ1v) is 11.1. The summed E-state index contributed by atoms with van der Waals surface area (Å²) in [5, 5.41) is 0. The SMILES string of the molecule is CCCCOc1ccc(C=C2SC(=S)N(CCS(=O)(=O)O)C2=O)cc1OC. The lowest BCUT2D eigenvalue weighted by atomic mass is 10.2. The minimum atomic E-state index is -4.17. The van der Waals surface area contributed by atoms with E-state index in [1.165, 1.54) is 4.90 Å². The highest BCUT2D eigenvalue weighted by Gasteiger charge is 2.32. The third kappa shape index (κ3) is 6.20. The molecule has 2 rings (SSSR count). The number of hydrogen-bond acceptors (Lipinski definition) is 7. The fraction of sp³-hybridized carbons (Fsp3) is 0.412. The van der Waals surface area contributed by atoms with Crippen molar-refractivity contribution in [2.45, 2.75) is 19.8 Å². The highest BCUT2D eigenvalue weighted by molar-refractivity contribution is 8.26. The van der Waals surface area contributed by atoms with Gasteiger partial charge in [-0.3, -0.25) is 14.2 Å². The molecule has 1 aliphatic rings. The lowest BCUT2D eigenvalue weighted by Gasteiger charge is -2.12. The molecule has 0 unspecified atom stereocenters. The number of methoxy groups -OCH3 is 1. The van der Waals surface area contributed by atoms with Crippen molar-refractivity contribution in [1.82, 2.24) is 4.90 Å². The molecule has 1 heterocycles. The lowest BCUT2D eigenvalue weighted by Crippen LogP contribution is -2.32. The predicted octanol–water partition coefficient (Wildman–Crippen LogP) is 2.96. The number of carbonyl (C=O) groups is 1. The van der Waals surface area contributed by atoms with E-state index in [1.54, 1.807) is 31.4 Å². The molecule has 27 heavy (non-hydrogen) atoms. The molecule has 0 saturated carbocycles. The van der Waals surface area contributed by atoms with E-state index in [-0.39, 0.29) is 10.9 Å². The van der Waals surface area contributed by atoms with Crippen molar-refractivity contribution in [2.75, 3.05) is 26.0 Å². The highest BCUT2D eigenvalue weighted by atomic mass is 32.2. The summed E-state index contributed by atoms with van der Waals surface area (Å²) in [5.74, 6) is 0.228. The van der Waals surface area contributed by atoms with Gasteiger partial charge in [0.25, 0.3) is 16.0 Å². The molecule has 1 amide bonds. The number of unbranched alkanes of at least 4 members (excludes halogenated alkanes) is 1. The Hall–Kier alpha value is -1.62. The van der Waals surface area contributed by atoms with E-state index in [0.717, 1.165) is 30.2 Å². The summed E-state index contributed by atoms with van der Waals surface area (Å²) in [4.78, 5) is 14.0. The Balaban J connectivity index is 2.15. The van der Waals surface area contributed by atoms with Crippen LogP contribution in [0.15, 0.2) is 23.1 Å². The Morgan fingerprint density at radius 1 is 1.33 bits per heavy atom. The van der Waals surface area contributed by atoms with Crippen LogP contribution < -0.4 is 9.47 Å². The highest BCUT2D eigenvalue weighted by Crippen LogP contribution is 2.34. The molecule has 0 atom stereocenters. The summed E-state index contributed by atoms with van der Waals surface area (Å²) in [6.07, 6.45) is 3.63. The summed E-state index contributed by atoms with van der Waals surface area (Å²) >= 11 is 6.22. The maximum atomic E-state index is 12.4. The number of rotatable bonds is 9. The Morgan fingerprint density at radius 2 is 2.07 bits per heavy atom. The maximum Gasteiger partial charge on any atom is 0.266 e. The smallest absolute Gasteiger partial charge is 0.266 e. The summed E-state index contributed by atoms with van der Waals surface area (Å²) < 4.78 is 41.9. The number of hydrogen-bond donors (Lipinski definition) is 1. The molecule has 0 aromatic heterocycles. The van der Waals surface area contributed by atoms with Crippen LogP contribution in [0.2, 0.25) is 0 Å². The Bertz CT molecular complexity index is 850. The van der Waals surface area contributed by atoms with Gasteiger partial charge in [-0.1, -0.05) is 43.4 Å². The van der Waals surface area contributed by atoms with Crippen LogP contribution in [0.3, 0.4) is 0 Å². The molecule has 0 radical (unpaired) electrons. The molecule has 0 aliphatic carbocycles. The van der Waals surface area contributed by atoms with Crippen molar-refractivity contribution in [3.05, 3.63) is 28.7 Å². The Kier molecular flexibility index (Phi) is 7.66. The van der Waals surface area contributed by atoms with Crippen molar-refractivity contribution in [1.29, 1.82) is 0 Å². The van der Waals surface area contributed by atoms with Crippen LogP contribution >= 0.6 is 24.0 Å². The third-order valence-corrected chi connectivity index (χ3v) is 5.76. The molecule has 1 aliphatic heterocycles. The molecular formula is C17H21NO6S3. The number of amides is 1. The number of benzene rings is 1. The fourth-order valence-corrected chi connectivity index (χ4v) is 3.99. The first-order chi connectivity index (χ1) is 12.7. The van der Waals surface area contributed by atoms with Gasteiger partial charge in [0, 0.05) is 6.54 Å². The van der Waals surface area contributed by atoms with E-state index >= 15 is 0 Å². The molecule has 1 aromatic rings. The normalized spacial score (nSPS) is 16.3. The van der Waals surface area contributed by atoms with E-state index in [2.05, 4.69) is 6.92 Å². The molecule has 148 valence electrons. The summed E-state index contributed by atoms with van der Waals surface area (Å²) in [6.45, 7) is 2.49. The largest absolute Gasteiger partial charge is 0.493 e. The molecule has 1 N–H and O–H groups in total. The number of thioether (sulfide) groups is 1. The zero-order valence-corrected chi connectivity index (χ0v) is 17.5. The molecule has 0 spiro atoms. The van der Waals surface area contributed by atoms with Gasteiger partial charge >= 0.3 is 0 Å². The number of nitrogens with zero attached hydrogens (tertiary/aromatic N) is 1. The van der Waals surface area contributed by atoms with Crippen molar-refractivity contribution in [3.63, 3.8) is 0 Å². The predicted molar refractivity (Wildman–Crippen MR) is 110 cm³/mol. The standard InChI is InChI=1S/C17H21NO6S3/c1-3-4-8-24-13-6-5-12(10-14(13)23-2)11-15-16(19)18(17(25)26-15)7-9-27(20,21)22/h5-6,10-11H,3-4,7-9H2,1-2H3,(H,20,21,22). The van der Waals surface area contributed by atoms with E-state index in [1.807, 2.05) is 0 Å². The number of thiocarbonyl (C=S) groups is 1. The molecule has 1 aromatic carbocycles. The van der Waals surface area contributed by atoms with Crippen molar-refractivity contribution < 1.29 is 27.2 Å². The second-order valence-corrected chi connectivity index (χ2v) is 8.98. The second kappa shape index (κ2) is 9.54. The molecule has 10 heteroatoms. The molecular weight excluding hydrogens is 410 g/mol. The van der Waals surface area contributed by atoms with E-state index < -0.39 is 21.8 Å². The van der Waals surface area contributed by atoms with Gasteiger partial charge in [-0.15, -0.1) is 0 Å². The van der Waals surface area contributed by atoms with E-state index in [0.29, 0.717) is 23.0 Å². The van der Waals surface area contributed by atoms with Crippen LogP contribution in [0.5, 0.6) is 11.5 Å². The van der Waals surface area contributed by atoms with Gasteiger partial charge in [-0.25, -0.2) is 0 Å². The molecule has 1 saturated heterocycles. The van der Waals surface area contributed by atoms with Crippen LogP contribution in [-0.2, 0) is 14.9 Å². The lowest BCUT2D eigenvalue weighted by molar-refractivity contribution is -0.121. The van der Waals surface area contributed by atoms with Crippen LogP contribution in [0.1, 0.15) is 25.3 Å². The minimum Gasteiger partial charge on any atom is -0.493 e. The summed E-state index contributed by atoms with van der Waals surface area (Å²) in [7, 11) is -2.63. The van der Waals surface area contributed by atoms with Crippen LogP contribution in [0.4, 0.5) is 0 Å². The van der Waals surface area contributed by atoms with Crippen LogP contribution in [-0.4, -0.2) is 54.1 Å². The summed E-state index contributed by atoms with van der Waals surface area (Å²) in [5.41, 5.74) is 0.727. The van der Waals surface area contributed by atoms with Gasteiger partial charge in [0.15, 0.2) is 11.5 Å². The quantitative estimate of drug-likeness (QED) is 0.276. The molecule has 1 fully saturated rings. The van der Waals surface area contributed by atoms with Gasteiger partial charge in [-0.05, 0) is 30.2 Å². The van der Waals surface area contributed by atoms with Gasteiger partial charge < -0.3 is 9.47 Å². The van der Waals surface area contributed by atoms with E-state index in [4.69, 9.17) is 26.2 Å². The number of carbonyl (C=O) groups excluding carboxylic acids is 1. The van der Waals surface area contributed by atoms with Gasteiger partial charge in [0.2, 0.25) is 0 Å². The zero-order valence-electron chi connectivity index (χ0n) is 15.0. The topological polar surface area (TPSA) is 93.1 Å². The minimum absolute atomic E-state index is 0.186. The van der Waals surface area contributed by atoms with Crippen molar-refractivity contribution in [3.8, 4) is 11.5 Å². The number of ether oxygens (including phenoxy) is 2.